The summed E-state index contributed by atoms with van der Waals surface area (Å²) in [5.41, 5.74) is 10.8. The van der Waals surface area contributed by atoms with Gasteiger partial charge in [-0.25, -0.2) is 9.78 Å². The van der Waals surface area contributed by atoms with E-state index in [2.05, 4.69) is 67.7 Å². The van der Waals surface area contributed by atoms with Gasteiger partial charge in [0.2, 0.25) is 0 Å². The lowest BCUT2D eigenvalue weighted by Gasteiger charge is -2.30. The molecule has 1 aromatic heterocycles. The molecule has 5 N–H and O–H groups in total. The van der Waals surface area contributed by atoms with E-state index >= 15 is 0 Å². The molecule has 0 atom stereocenters. The van der Waals surface area contributed by atoms with E-state index < -0.39 is 0 Å². The maximum atomic E-state index is 12.4. The first-order chi connectivity index (χ1) is 15.8. The molecule has 3 aromatic rings. The minimum Gasteiger partial charge on any atom is -0.397 e. The molecular weight excluding hydrogens is 500 g/mol. The number of hydrogen-bond acceptors (Lipinski definition) is 6. The molecule has 0 saturated carbocycles. The molecular formula is C24H29BrN6OS. The molecule has 4 rings (SSSR count). The van der Waals surface area contributed by atoms with Crippen LogP contribution in [0.4, 0.5) is 21.3 Å². The molecule has 2 aromatic carbocycles. The van der Waals surface area contributed by atoms with E-state index in [4.69, 9.17) is 5.73 Å². The van der Waals surface area contributed by atoms with Gasteiger partial charge in [-0.1, -0.05) is 48.0 Å². The highest BCUT2D eigenvalue weighted by Gasteiger charge is 2.26. The molecule has 0 unspecified atom stereocenters. The Bertz CT molecular complexity index is 1110. The number of thiazole rings is 1. The number of aromatic nitrogens is 1. The molecule has 0 bridgehead atoms. The predicted octanol–water partition coefficient (Wildman–Crippen LogP) is 4.55. The van der Waals surface area contributed by atoms with Gasteiger partial charge in [-0.2, -0.15) is 0 Å². The van der Waals surface area contributed by atoms with Crippen LogP contribution in [0.25, 0.3) is 0 Å². The van der Waals surface area contributed by atoms with Gasteiger partial charge in [0, 0.05) is 48.0 Å². The third-order valence-electron chi connectivity index (χ3n) is 5.93. The number of amides is 2. The van der Waals surface area contributed by atoms with Gasteiger partial charge < -0.3 is 21.3 Å². The van der Waals surface area contributed by atoms with Gasteiger partial charge in [0.05, 0.1) is 17.1 Å². The van der Waals surface area contributed by atoms with Crippen LogP contribution in [0.15, 0.2) is 52.3 Å². The second-order valence-corrected chi connectivity index (χ2v) is 10.4. The Balaban J connectivity index is 1.33. The van der Waals surface area contributed by atoms with Crippen molar-refractivity contribution in [2.24, 2.45) is 0 Å². The summed E-state index contributed by atoms with van der Waals surface area (Å²) >= 11 is 4.90. The zero-order valence-corrected chi connectivity index (χ0v) is 21.2. The quantitative estimate of drug-likeness (QED) is 0.352. The van der Waals surface area contributed by atoms with Crippen LogP contribution in [0.2, 0.25) is 0 Å². The molecule has 2 amide bonds. The van der Waals surface area contributed by atoms with Gasteiger partial charge >= 0.3 is 6.03 Å². The summed E-state index contributed by atoms with van der Waals surface area (Å²) in [5.74, 6) is 0. The maximum Gasteiger partial charge on any atom is 0.321 e. The predicted molar refractivity (Wildman–Crippen MR) is 140 cm³/mol. The topological polar surface area (TPSA) is 95.3 Å². The third kappa shape index (κ3) is 5.66. The maximum absolute atomic E-state index is 12.4. The standard InChI is InChI=1S/C24H29BrN6OS/c1-24(2,17-4-6-18(25)7-5-17)21-15-33-23(29-21)30-22(32)28-14-16-3-8-20(19(26)13-16)31-11-9-27-10-12-31/h3-8,13,15,27H,9-12,14,26H2,1-2H3,(H2,28,29,30,32). The normalized spacial score (nSPS) is 14.2. The lowest BCUT2D eigenvalue weighted by Crippen LogP contribution is -2.43. The zero-order chi connectivity index (χ0) is 23.4. The molecule has 0 aliphatic carbocycles. The van der Waals surface area contributed by atoms with E-state index in [1.807, 2.05) is 35.7 Å². The Labute approximate surface area is 206 Å². The molecule has 9 heteroatoms. The smallest absolute Gasteiger partial charge is 0.321 e. The van der Waals surface area contributed by atoms with Crippen LogP contribution in [0, 0.1) is 0 Å². The molecule has 0 radical (unpaired) electrons. The molecule has 33 heavy (non-hydrogen) atoms. The van der Waals surface area contributed by atoms with Crippen LogP contribution < -0.4 is 26.6 Å². The van der Waals surface area contributed by atoms with Crippen molar-refractivity contribution in [1.29, 1.82) is 0 Å². The van der Waals surface area contributed by atoms with Crippen molar-refractivity contribution in [2.45, 2.75) is 25.8 Å². The number of halogens is 1. The number of rotatable bonds is 6. The van der Waals surface area contributed by atoms with Crippen LogP contribution in [0.3, 0.4) is 0 Å². The summed E-state index contributed by atoms with van der Waals surface area (Å²) in [6.07, 6.45) is 0. The molecule has 1 fully saturated rings. The number of benzene rings is 2. The van der Waals surface area contributed by atoms with Crippen molar-refractivity contribution in [2.75, 3.05) is 42.1 Å². The van der Waals surface area contributed by atoms with Crippen LogP contribution in [-0.4, -0.2) is 37.2 Å². The lowest BCUT2D eigenvalue weighted by molar-refractivity contribution is 0.251. The number of nitrogens with zero attached hydrogens (tertiary/aromatic N) is 2. The first-order valence-corrected chi connectivity index (χ1v) is 12.6. The molecule has 174 valence electrons. The molecule has 7 nitrogen and oxygen atoms in total. The highest BCUT2D eigenvalue weighted by atomic mass is 79.9. The van der Waals surface area contributed by atoms with Crippen molar-refractivity contribution in [1.82, 2.24) is 15.6 Å². The summed E-state index contributed by atoms with van der Waals surface area (Å²) in [6, 6.07) is 13.9. The molecule has 1 saturated heterocycles. The highest BCUT2D eigenvalue weighted by molar-refractivity contribution is 9.10. The molecule has 1 aliphatic rings. The fourth-order valence-corrected chi connectivity index (χ4v) is 5.00. The Hall–Kier alpha value is -2.62. The second-order valence-electron chi connectivity index (χ2n) is 8.61. The van der Waals surface area contributed by atoms with Crippen molar-refractivity contribution < 1.29 is 4.79 Å². The number of nitrogens with two attached hydrogens (primary N) is 1. The minimum atomic E-state index is -0.290. The SMILES string of the molecule is CC(C)(c1ccc(Br)cc1)c1csc(NC(=O)NCc2ccc(N3CCNCC3)c(N)c2)n1. The van der Waals surface area contributed by atoms with Gasteiger partial charge in [0.25, 0.3) is 0 Å². The average molecular weight is 530 g/mol. The summed E-state index contributed by atoms with van der Waals surface area (Å²) < 4.78 is 1.04. The van der Waals surface area contributed by atoms with Gasteiger partial charge in [-0.15, -0.1) is 11.3 Å². The number of nitrogens with one attached hydrogen (secondary N) is 3. The first-order valence-electron chi connectivity index (χ1n) is 10.9. The van der Waals surface area contributed by atoms with Crippen molar-refractivity contribution in [3.8, 4) is 0 Å². The summed E-state index contributed by atoms with van der Waals surface area (Å²) in [4.78, 5) is 19.4. The van der Waals surface area contributed by atoms with Gasteiger partial charge in [0.1, 0.15) is 0 Å². The van der Waals surface area contributed by atoms with Crippen LogP contribution in [-0.2, 0) is 12.0 Å². The number of hydrogen-bond donors (Lipinski definition) is 4. The highest BCUT2D eigenvalue weighted by Crippen LogP contribution is 2.34. The third-order valence-corrected chi connectivity index (χ3v) is 7.22. The van der Waals surface area contributed by atoms with Crippen molar-refractivity contribution in [3.63, 3.8) is 0 Å². The number of anilines is 3. The number of carbonyl (C=O) groups is 1. The van der Waals surface area contributed by atoms with Crippen LogP contribution in [0.1, 0.15) is 30.7 Å². The fourth-order valence-electron chi connectivity index (χ4n) is 3.86. The van der Waals surface area contributed by atoms with Gasteiger partial charge in [-0.3, -0.25) is 5.32 Å². The molecule has 1 aliphatic heterocycles. The van der Waals surface area contributed by atoms with Gasteiger partial charge in [0.15, 0.2) is 5.13 Å². The zero-order valence-electron chi connectivity index (χ0n) is 18.8. The minimum absolute atomic E-state index is 0.267. The second kappa shape index (κ2) is 10.1. The Morgan fingerprint density at radius 3 is 2.64 bits per heavy atom. The fraction of sp³-hybridized carbons (Fsp3) is 0.333. The summed E-state index contributed by atoms with van der Waals surface area (Å²) in [7, 11) is 0. The summed E-state index contributed by atoms with van der Waals surface area (Å²) in [6.45, 7) is 8.45. The molecule has 2 heterocycles. The Kier molecular flexibility index (Phi) is 7.21. The number of urea groups is 1. The van der Waals surface area contributed by atoms with E-state index in [1.165, 1.54) is 11.3 Å². The number of piperazine rings is 1. The van der Waals surface area contributed by atoms with E-state index in [9.17, 15) is 4.79 Å². The monoisotopic (exact) mass is 528 g/mol. The Morgan fingerprint density at radius 2 is 1.94 bits per heavy atom. The van der Waals surface area contributed by atoms with E-state index in [0.29, 0.717) is 11.7 Å². The number of nitrogen functional groups attached to an aromatic ring is 1. The van der Waals surface area contributed by atoms with E-state index in [-0.39, 0.29) is 11.4 Å². The van der Waals surface area contributed by atoms with E-state index in [0.717, 1.165) is 58.8 Å². The average Bonchev–Trinajstić information content (AvgIpc) is 3.28. The van der Waals surface area contributed by atoms with Crippen molar-refractivity contribution >= 4 is 49.8 Å². The van der Waals surface area contributed by atoms with Crippen LogP contribution >= 0.6 is 27.3 Å². The number of carbonyl (C=O) groups excluding carboxylic acids is 1. The van der Waals surface area contributed by atoms with Crippen molar-refractivity contribution in [3.05, 3.63) is 69.1 Å². The largest absolute Gasteiger partial charge is 0.397 e. The van der Waals surface area contributed by atoms with E-state index in [1.54, 1.807) is 0 Å². The first kappa shape index (κ1) is 23.5. The molecule has 0 spiro atoms. The lowest BCUT2D eigenvalue weighted by atomic mass is 9.82. The van der Waals surface area contributed by atoms with Gasteiger partial charge in [-0.05, 0) is 35.4 Å². The van der Waals surface area contributed by atoms with Crippen LogP contribution in [0.5, 0.6) is 0 Å². The Morgan fingerprint density at radius 1 is 1.21 bits per heavy atom. The summed E-state index contributed by atoms with van der Waals surface area (Å²) in [5, 5.41) is 11.6.